The zero-order valence-corrected chi connectivity index (χ0v) is 17.9. The maximum absolute atomic E-state index is 11.3. The number of nitrogens with zero attached hydrogens (tertiary/aromatic N) is 3. The Morgan fingerprint density at radius 1 is 1.13 bits per heavy atom. The Kier molecular flexibility index (Phi) is 5.38. The van der Waals surface area contributed by atoms with Crippen molar-refractivity contribution in [3.63, 3.8) is 0 Å². The summed E-state index contributed by atoms with van der Waals surface area (Å²) in [5.74, 6) is -0.860. The van der Waals surface area contributed by atoms with Crippen LogP contribution in [0.1, 0.15) is 28.0 Å². The first-order chi connectivity index (χ1) is 15.1. The van der Waals surface area contributed by atoms with E-state index in [1.807, 2.05) is 48.7 Å². The maximum Gasteiger partial charge on any atom is 0.335 e. The molecule has 0 saturated carbocycles. The second kappa shape index (κ2) is 8.33. The van der Waals surface area contributed by atoms with Crippen LogP contribution in [0.5, 0.6) is 0 Å². The number of rotatable bonds is 4. The van der Waals surface area contributed by atoms with Gasteiger partial charge in [-0.15, -0.1) is 0 Å². The standard InChI is InChI=1S/C25H24ClN3O2/c26-20-7-3-17(4-8-20)22-2-1-11-27-23(22)16-28-12-13-29-21(15-28)9-5-18-14-19(25(30)31)6-10-24(18)29/h1-4,6-8,10-11,14,21H,5,9,12-13,15-16H2,(H,30,31)/t21-/m1/s1. The number of halogens is 1. The van der Waals surface area contributed by atoms with Crippen LogP contribution in [0.25, 0.3) is 11.1 Å². The van der Waals surface area contributed by atoms with Crippen molar-refractivity contribution in [3.05, 3.63) is 82.6 Å². The van der Waals surface area contributed by atoms with Gasteiger partial charge in [-0.2, -0.15) is 0 Å². The van der Waals surface area contributed by atoms with E-state index in [2.05, 4.69) is 15.9 Å². The molecule has 5 rings (SSSR count). The predicted molar refractivity (Wildman–Crippen MR) is 123 cm³/mol. The Labute approximate surface area is 186 Å². The van der Waals surface area contributed by atoms with Gasteiger partial charge in [0.25, 0.3) is 0 Å². The molecule has 0 bridgehead atoms. The lowest BCUT2D eigenvalue weighted by Gasteiger charge is -2.46. The summed E-state index contributed by atoms with van der Waals surface area (Å²) < 4.78 is 0. The van der Waals surface area contributed by atoms with Gasteiger partial charge in [-0.3, -0.25) is 9.88 Å². The van der Waals surface area contributed by atoms with Crippen LogP contribution in [0.2, 0.25) is 5.02 Å². The average molecular weight is 434 g/mol. The lowest BCUT2D eigenvalue weighted by atomic mass is 9.92. The smallest absolute Gasteiger partial charge is 0.335 e. The molecule has 1 N–H and O–H groups in total. The summed E-state index contributed by atoms with van der Waals surface area (Å²) in [6.45, 7) is 3.69. The van der Waals surface area contributed by atoms with Crippen LogP contribution in [0.15, 0.2) is 60.8 Å². The molecule has 5 nitrogen and oxygen atoms in total. The monoisotopic (exact) mass is 433 g/mol. The van der Waals surface area contributed by atoms with E-state index in [9.17, 15) is 9.90 Å². The third-order valence-corrected chi connectivity index (χ3v) is 6.62. The van der Waals surface area contributed by atoms with Gasteiger partial charge in [0.05, 0.1) is 11.3 Å². The SMILES string of the molecule is O=C(O)c1ccc2c(c1)CC[C@@H]1CN(Cc3ncccc3-c3ccc(Cl)cc3)CCN21. The van der Waals surface area contributed by atoms with Crippen LogP contribution in [0.3, 0.4) is 0 Å². The van der Waals surface area contributed by atoms with Gasteiger partial charge < -0.3 is 10.0 Å². The zero-order chi connectivity index (χ0) is 21.4. The number of hydrogen-bond acceptors (Lipinski definition) is 4. The van der Waals surface area contributed by atoms with Gasteiger partial charge in [0.2, 0.25) is 0 Å². The lowest BCUT2D eigenvalue weighted by Crippen LogP contribution is -2.54. The summed E-state index contributed by atoms with van der Waals surface area (Å²) in [5, 5.41) is 10.0. The second-order valence-electron chi connectivity index (χ2n) is 8.27. The van der Waals surface area contributed by atoms with Crippen LogP contribution in [-0.4, -0.2) is 46.6 Å². The van der Waals surface area contributed by atoms with E-state index in [0.717, 1.165) is 66.4 Å². The van der Waals surface area contributed by atoms with Gasteiger partial charge in [0.15, 0.2) is 0 Å². The van der Waals surface area contributed by atoms with Crippen LogP contribution in [-0.2, 0) is 13.0 Å². The van der Waals surface area contributed by atoms with Crippen LogP contribution >= 0.6 is 11.6 Å². The van der Waals surface area contributed by atoms with E-state index in [4.69, 9.17) is 16.6 Å². The van der Waals surface area contributed by atoms with E-state index in [-0.39, 0.29) is 0 Å². The molecule has 2 aliphatic rings. The highest BCUT2D eigenvalue weighted by molar-refractivity contribution is 6.30. The molecule has 0 unspecified atom stereocenters. The quantitative estimate of drug-likeness (QED) is 0.644. The van der Waals surface area contributed by atoms with Crippen molar-refractivity contribution in [2.75, 3.05) is 24.5 Å². The molecular weight excluding hydrogens is 410 g/mol. The normalized spacial score (nSPS) is 18.4. The largest absolute Gasteiger partial charge is 0.478 e. The Morgan fingerprint density at radius 2 is 1.97 bits per heavy atom. The summed E-state index contributed by atoms with van der Waals surface area (Å²) in [4.78, 5) is 20.9. The van der Waals surface area contributed by atoms with Crippen LogP contribution < -0.4 is 4.90 Å². The number of carboxylic acid groups (broad SMARTS) is 1. The first-order valence-electron chi connectivity index (χ1n) is 10.6. The fraction of sp³-hybridized carbons (Fsp3) is 0.280. The molecule has 3 heterocycles. The number of fused-ring (bicyclic) bond motifs is 3. The Morgan fingerprint density at radius 3 is 2.77 bits per heavy atom. The van der Waals surface area contributed by atoms with E-state index in [1.54, 1.807) is 6.07 Å². The van der Waals surface area contributed by atoms with Crippen molar-refractivity contribution in [3.8, 4) is 11.1 Å². The van der Waals surface area contributed by atoms with Gasteiger partial charge >= 0.3 is 5.97 Å². The number of benzene rings is 2. The minimum Gasteiger partial charge on any atom is -0.478 e. The van der Waals surface area contributed by atoms with Crippen LogP contribution in [0.4, 0.5) is 5.69 Å². The summed E-state index contributed by atoms with van der Waals surface area (Å²) in [7, 11) is 0. The van der Waals surface area contributed by atoms with Gasteiger partial charge in [0.1, 0.15) is 0 Å². The van der Waals surface area contributed by atoms with Crippen molar-refractivity contribution in [1.82, 2.24) is 9.88 Å². The van der Waals surface area contributed by atoms with Crippen molar-refractivity contribution in [2.45, 2.75) is 25.4 Å². The van der Waals surface area contributed by atoms with Gasteiger partial charge in [-0.05, 0) is 60.4 Å². The summed E-state index contributed by atoms with van der Waals surface area (Å²) >= 11 is 6.06. The zero-order valence-electron chi connectivity index (χ0n) is 17.2. The average Bonchev–Trinajstić information content (AvgIpc) is 2.79. The molecule has 0 radical (unpaired) electrons. The molecule has 3 aromatic rings. The fourth-order valence-corrected chi connectivity index (χ4v) is 4.94. The number of carbonyl (C=O) groups is 1. The third-order valence-electron chi connectivity index (χ3n) is 6.37. The maximum atomic E-state index is 11.3. The van der Waals surface area contributed by atoms with Gasteiger partial charge in [-0.25, -0.2) is 4.79 Å². The number of aromatic nitrogens is 1. The molecule has 1 aromatic heterocycles. The van der Waals surface area contributed by atoms with Crippen molar-refractivity contribution in [1.29, 1.82) is 0 Å². The number of carboxylic acids is 1. The second-order valence-corrected chi connectivity index (χ2v) is 8.71. The molecule has 0 amide bonds. The number of aromatic carboxylic acids is 1. The highest BCUT2D eigenvalue weighted by Crippen LogP contribution is 2.34. The Balaban J connectivity index is 1.33. The first-order valence-corrected chi connectivity index (χ1v) is 11.0. The third kappa shape index (κ3) is 4.03. The van der Waals surface area contributed by atoms with Gasteiger partial charge in [0, 0.05) is 54.7 Å². The van der Waals surface area contributed by atoms with Crippen molar-refractivity contribution in [2.24, 2.45) is 0 Å². The minimum atomic E-state index is -0.860. The Hall–Kier alpha value is -2.89. The van der Waals surface area contributed by atoms with Crippen LogP contribution in [0, 0.1) is 0 Å². The highest BCUT2D eigenvalue weighted by atomic mass is 35.5. The molecule has 0 spiro atoms. The topological polar surface area (TPSA) is 56.7 Å². The van der Waals surface area contributed by atoms with E-state index in [1.165, 1.54) is 5.69 Å². The molecular formula is C25H24ClN3O2. The molecule has 1 atom stereocenters. The summed E-state index contributed by atoms with van der Waals surface area (Å²) in [6, 6.07) is 18.0. The van der Waals surface area contributed by atoms with Gasteiger partial charge in [-0.1, -0.05) is 29.8 Å². The molecule has 2 aromatic carbocycles. The number of piperazine rings is 1. The summed E-state index contributed by atoms with van der Waals surface area (Å²) in [5.41, 5.74) is 6.09. The number of pyridine rings is 1. The number of aryl methyl sites for hydroxylation is 1. The van der Waals surface area contributed by atoms with E-state index in [0.29, 0.717) is 11.6 Å². The predicted octanol–water partition coefficient (Wildman–Crippen LogP) is 4.74. The molecule has 31 heavy (non-hydrogen) atoms. The molecule has 0 aliphatic carbocycles. The Bertz CT molecular complexity index is 1120. The lowest BCUT2D eigenvalue weighted by molar-refractivity contribution is 0.0696. The first kappa shape index (κ1) is 20.0. The molecule has 1 fully saturated rings. The molecule has 1 saturated heterocycles. The summed E-state index contributed by atoms with van der Waals surface area (Å²) in [6.07, 6.45) is 3.83. The molecule has 6 heteroatoms. The molecule has 158 valence electrons. The van der Waals surface area contributed by atoms with Crippen molar-refractivity contribution < 1.29 is 9.90 Å². The number of hydrogen-bond donors (Lipinski definition) is 1. The fourth-order valence-electron chi connectivity index (χ4n) is 4.82. The van der Waals surface area contributed by atoms with Crippen molar-refractivity contribution >= 4 is 23.3 Å². The number of anilines is 1. The van der Waals surface area contributed by atoms with E-state index < -0.39 is 5.97 Å². The minimum absolute atomic E-state index is 0.376. The van der Waals surface area contributed by atoms with E-state index >= 15 is 0 Å². The highest BCUT2D eigenvalue weighted by Gasteiger charge is 2.32. The molecule has 2 aliphatic heterocycles.